The van der Waals surface area contributed by atoms with Gasteiger partial charge in [-0.2, -0.15) is 0 Å². The molecule has 0 aromatic rings. The van der Waals surface area contributed by atoms with E-state index in [0.29, 0.717) is 11.1 Å². The van der Waals surface area contributed by atoms with Gasteiger partial charge in [0.1, 0.15) is 5.83 Å². The lowest BCUT2D eigenvalue weighted by molar-refractivity contribution is 0.655. The van der Waals surface area contributed by atoms with E-state index in [0.717, 1.165) is 22.3 Å². The van der Waals surface area contributed by atoms with Crippen LogP contribution in [0.3, 0.4) is 0 Å². The van der Waals surface area contributed by atoms with Crippen LogP contribution in [0.5, 0.6) is 0 Å². The van der Waals surface area contributed by atoms with Crippen molar-refractivity contribution in [2.75, 3.05) is 0 Å². The van der Waals surface area contributed by atoms with Gasteiger partial charge in [-0.05, 0) is 49.1 Å². The van der Waals surface area contributed by atoms with Crippen LogP contribution in [-0.2, 0) is 0 Å². The molecule has 0 aromatic carbocycles. The van der Waals surface area contributed by atoms with Crippen molar-refractivity contribution < 1.29 is 4.39 Å². The molecule has 0 unspecified atom stereocenters. The Morgan fingerprint density at radius 1 is 0.667 bits per heavy atom. The summed E-state index contributed by atoms with van der Waals surface area (Å²) in [6.45, 7) is 32.4. The van der Waals surface area contributed by atoms with Gasteiger partial charge >= 0.3 is 0 Å². The number of halogens is 1. The van der Waals surface area contributed by atoms with Crippen LogP contribution in [0.4, 0.5) is 4.39 Å². The first-order valence-corrected chi connectivity index (χ1v) is 7.88. The van der Waals surface area contributed by atoms with Crippen LogP contribution in [0.2, 0.25) is 0 Å². The van der Waals surface area contributed by atoms with Gasteiger partial charge in [-0.1, -0.05) is 82.7 Å². The monoisotopic (exact) mass is 326 g/mol. The Morgan fingerprint density at radius 2 is 1.17 bits per heavy atom. The highest BCUT2D eigenvalue weighted by Crippen LogP contribution is 2.24. The Kier molecular flexibility index (Phi) is 12.0. The maximum absolute atomic E-state index is 13.9. The Hall–Kier alpha value is -2.41. The molecular weight excluding hydrogens is 295 g/mol. The van der Waals surface area contributed by atoms with E-state index in [9.17, 15) is 4.39 Å². The second-order valence-corrected chi connectivity index (χ2v) is 5.35. The van der Waals surface area contributed by atoms with Crippen LogP contribution < -0.4 is 0 Å². The summed E-state index contributed by atoms with van der Waals surface area (Å²) in [5.74, 6) is -0.437. The molecule has 0 amide bonds. The van der Waals surface area contributed by atoms with Crippen molar-refractivity contribution in [1.29, 1.82) is 0 Å². The summed E-state index contributed by atoms with van der Waals surface area (Å²) in [4.78, 5) is 0. The molecule has 0 aliphatic heterocycles. The largest absolute Gasteiger partial charge is 0.206 e. The molecule has 0 atom stereocenters. The van der Waals surface area contributed by atoms with Crippen LogP contribution in [-0.4, -0.2) is 0 Å². The van der Waals surface area contributed by atoms with Gasteiger partial charge in [-0.25, -0.2) is 4.39 Å². The predicted octanol–water partition coefficient (Wildman–Crippen LogP) is 7.75. The first-order chi connectivity index (χ1) is 11.1. The zero-order valence-electron chi connectivity index (χ0n) is 15.9. The van der Waals surface area contributed by atoms with Crippen LogP contribution in [0.1, 0.15) is 34.6 Å². The van der Waals surface area contributed by atoms with E-state index in [1.165, 1.54) is 6.08 Å². The highest BCUT2D eigenvalue weighted by Gasteiger charge is 2.06. The van der Waals surface area contributed by atoms with Crippen molar-refractivity contribution in [3.8, 4) is 0 Å². The van der Waals surface area contributed by atoms with E-state index in [4.69, 9.17) is 0 Å². The average Bonchev–Trinajstić information content (AvgIpc) is 2.51. The van der Waals surface area contributed by atoms with Gasteiger partial charge in [0.15, 0.2) is 0 Å². The summed E-state index contributed by atoms with van der Waals surface area (Å²) in [5, 5.41) is 0. The minimum atomic E-state index is -0.437. The standard InChI is InChI=1S/C21H25F.C2H6/c1-14(2)10-11-16(5)19(8)17(6)13-18(7)20(9)21(22)12-15(3)4;1-2/h10-13H,1,3,5,7-9H2,2,4,6H3;1-2H3/b11-10-,17-13-,21-12+;. The summed E-state index contributed by atoms with van der Waals surface area (Å²) >= 11 is 0. The summed E-state index contributed by atoms with van der Waals surface area (Å²) in [6.07, 6.45) is 6.79. The van der Waals surface area contributed by atoms with Gasteiger partial charge in [-0.3, -0.25) is 0 Å². The lowest BCUT2D eigenvalue weighted by Crippen LogP contribution is -1.91. The van der Waals surface area contributed by atoms with Gasteiger partial charge in [0.2, 0.25) is 0 Å². The number of hydrogen-bond donors (Lipinski definition) is 0. The Bertz CT molecular complexity index is 631. The molecule has 130 valence electrons. The Morgan fingerprint density at radius 3 is 1.58 bits per heavy atom. The molecule has 0 nitrogen and oxygen atoms in total. The molecule has 0 aromatic heterocycles. The molecule has 0 radical (unpaired) electrons. The molecule has 0 bridgehead atoms. The van der Waals surface area contributed by atoms with Crippen LogP contribution in [0.25, 0.3) is 0 Å². The third-order valence-corrected chi connectivity index (χ3v) is 2.87. The van der Waals surface area contributed by atoms with Crippen molar-refractivity contribution >= 4 is 0 Å². The first kappa shape index (κ1) is 23.9. The topological polar surface area (TPSA) is 0 Å². The van der Waals surface area contributed by atoms with Crippen molar-refractivity contribution in [1.82, 2.24) is 0 Å². The Labute approximate surface area is 148 Å². The lowest BCUT2D eigenvalue weighted by Gasteiger charge is -2.09. The molecule has 0 fully saturated rings. The molecule has 0 spiro atoms. The molecular formula is C23H31F. The molecule has 0 heterocycles. The van der Waals surface area contributed by atoms with Crippen LogP contribution in [0.15, 0.2) is 109 Å². The normalized spacial score (nSPS) is 11.4. The summed E-state index contributed by atoms with van der Waals surface area (Å²) in [7, 11) is 0. The molecule has 0 aliphatic carbocycles. The number of rotatable bonds is 8. The van der Waals surface area contributed by atoms with Gasteiger partial charge in [0.25, 0.3) is 0 Å². The van der Waals surface area contributed by atoms with Crippen molar-refractivity contribution in [3.63, 3.8) is 0 Å². The second kappa shape index (κ2) is 12.1. The lowest BCUT2D eigenvalue weighted by atomic mass is 9.97. The number of allylic oxidation sites excluding steroid dienone is 12. The average molecular weight is 326 g/mol. The smallest absolute Gasteiger partial charge is 0.130 e. The van der Waals surface area contributed by atoms with E-state index >= 15 is 0 Å². The van der Waals surface area contributed by atoms with E-state index in [-0.39, 0.29) is 5.57 Å². The summed E-state index contributed by atoms with van der Waals surface area (Å²) in [6, 6.07) is 0. The molecule has 24 heavy (non-hydrogen) atoms. The minimum Gasteiger partial charge on any atom is -0.206 e. The SMILES string of the molecule is C=C(C)/C=C\C(=C)C(=C)/C(C)=C\C(=C)C(=C)/C(F)=C\C(=C)C.CC. The fourth-order valence-electron chi connectivity index (χ4n) is 1.49. The van der Waals surface area contributed by atoms with Crippen LogP contribution in [0, 0.1) is 0 Å². The van der Waals surface area contributed by atoms with Crippen molar-refractivity contribution in [2.45, 2.75) is 34.6 Å². The highest BCUT2D eigenvalue weighted by molar-refractivity contribution is 5.55. The van der Waals surface area contributed by atoms with Gasteiger partial charge in [0, 0.05) is 5.57 Å². The number of hydrogen-bond acceptors (Lipinski definition) is 0. The summed E-state index contributed by atoms with van der Waals surface area (Å²) < 4.78 is 13.9. The fraction of sp³-hybridized carbons (Fsp3) is 0.217. The Balaban J connectivity index is 0. The molecule has 0 saturated heterocycles. The molecule has 1 heteroatoms. The zero-order valence-corrected chi connectivity index (χ0v) is 15.9. The maximum atomic E-state index is 13.9. The third kappa shape index (κ3) is 9.58. The molecule has 0 N–H and O–H groups in total. The van der Waals surface area contributed by atoms with Crippen molar-refractivity contribution in [2.24, 2.45) is 0 Å². The van der Waals surface area contributed by atoms with E-state index in [2.05, 4.69) is 39.5 Å². The zero-order chi connectivity index (χ0) is 19.4. The third-order valence-electron chi connectivity index (χ3n) is 2.87. The van der Waals surface area contributed by atoms with E-state index in [1.54, 1.807) is 13.0 Å². The van der Waals surface area contributed by atoms with Gasteiger partial charge in [-0.15, -0.1) is 0 Å². The summed E-state index contributed by atoms with van der Waals surface area (Å²) in [5.41, 5.74) is 4.66. The maximum Gasteiger partial charge on any atom is 0.130 e. The minimum absolute atomic E-state index is 0.234. The van der Waals surface area contributed by atoms with Crippen LogP contribution >= 0.6 is 0 Å². The first-order valence-electron chi connectivity index (χ1n) is 7.88. The molecule has 0 rings (SSSR count). The predicted molar refractivity (Wildman–Crippen MR) is 110 cm³/mol. The van der Waals surface area contributed by atoms with Gasteiger partial charge in [0.05, 0.1) is 0 Å². The molecule has 0 saturated carbocycles. The quantitative estimate of drug-likeness (QED) is 0.400. The molecule has 0 aliphatic rings. The second-order valence-electron chi connectivity index (χ2n) is 5.35. The van der Waals surface area contributed by atoms with Crippen molar-refractivity contribution in [3.05, 3.63) is 109 Å². The highest BCUT2D eigenvalue weighted by atomic mass is 19.1. The van der Waals surface area contributed by atoms with E-state index < -0.39 is 5.83 Å². The van der Waals surface area contributed by atoms with Gasteiger partial charge < -0.3 is 0 Å². The van der Waals surface area contributed by atoms with E-state index in [1.807, 2.05) is 39.8 Å². The fourth-order valence-corrected chi connectivity index (χ4v) is 1.49.